The summed E-state index contributed by atoms with van der Waals surface area (Å²) in [6.45, 7) is 8.97. The van der Waals surface area contributed by atoms with Crippen LogP contribution in [-0.2, 0) is 15.1 Å². The highest BCUT2D eigenvalue weighted by Gasteiger charge is 2.49. The Kier molecular flexibility index (Phi) is 5.42. The number of rotatable bonds is 5. The van der Waals surface area contributed by atoms with Gasteiger partial charge in [-0.25, -0.2) is 4.79 Å². The summed E-state index contributed by atoms with van der Waals surface area (Å²) >= 11 is 5.89. The van der Waals surface area contributed by atoms with Crippen LogP contribution in [0.25, 0.3) is 0 Å². The Morgan fingerprint density at radius 1 is 1.16 bits per heavy atom. The molecule has 4 amide bonds. The molecule has 1 saturated heterocycles. The van der Waals surface area contributed by atoms with Gasteiger partial charge in [-0.3, -0.25) is 14.5 Å². The minimum Gasteiger partial charge on any atom is -0.336 e. The number of nitrogens with zero attached hydrogens (tertiary/aromatic N) is 2. The molecule has 2 rings (SSSR count). The van der Waals surface area contributed by atoms with E-state index in [2.05, 4.69) is 5.32 Å². The van der Waals surface area contributed by atoms with Crippen molar-refractivity contribution >= 4 is 29.4 Å². The molecule has 1 heterocycles. The molecule has 0 saturated carbocycles. The molecule has 0 spiro atoms. The van der Waals surface area contributed by atoms with Gasteiger partial charge in [0.1, 0.15) is 12.1 Å². The Morgan fingerprint density at radius 3 is 2.16 bits per heavy atom. The largest absolute Gasteiger partial charge is 0.336 e. The molecule has 1 aliphatic rings. The van der Waals surface area contributed by atoms with Gasteiger partial charge in [0.2, 0.25) is 5.91 Å². The lowest BCUT2D eigenvalue weighted by atomic mass is 9.92. The molecule has 7 heteroatoms. The average molecular weight is 366 g/mol. The molecule has 1 fully saturated rings. The van der Waals surface area contributed by atoms with E-state index in [9.17, 15) is 14.4 Å². The van der Waals surface area contributed by atoms with Crippen LogP contribution in [0.1, 0.15) is 40.2 Å². The van der Waals surface area contributed by atoms with Gasteiger partial charge in [-0.2, -0.15) is 0 Å². The maximum atomic E-state index is 12.9. The van der Waals surface area contributed by atoms with Gasteiger partial charge in [0.25, 0.3) is 5.91 Å². The molecule has 0 unspecified atom stereocenters. The zero-order chi connectivity index (χ0) is 18.9. The Morgan fingerprint density at radius 2 is 1.68 bits per heavy atom. The van der Waals surface area contributed by atoms with Gasteiger partial charge in [-0.1, -0.05) is 23.7 Å². The number of nitrogens with one attached hydrogen (secondary N) is 1. The van der Waals surface area contributed by atoms with E-state index in [4.69, 9.17) is 11.6 Å². The zero-order valence-electron chi connectivity index (χ0n) is 15.2. The molecular weight excluding hydrogens is 342 g/mol. The van der Waals surface area contributed by atoms with Crippen molar-refractivity contribution in [2.45, 2.75) is 52.2 Å². The summed E-state index contributed by atoms with van der Waals surface area (Å²) in [5, 5.41) is 3.23. The van der Waals surface area contributed by atoms with Crippen molar-refractivity contribution in [3.8, 4) is 0 Å². The second-order valence-electron chi connectivity index (χ2n) is 6.94. The Balaban J connectivity index is 2.24. The summed E-state index contributed by atoms with van der Waals surface area (Å²) in [4.78, 5) is 40.4. The van der Waals surface area contributed by atoms with E-state index in [0.29, 0.717) is 10.6 Å². The number of halogens is 1. The van der Waals surface area contributed by atoms with E-state index in [1.807, 2.05) is 27.7 Å². The van der Waals surface area contributed by atoms with Crippen LogP contribution in [0, 0.1) is 0 Å². The average Bonchev–Trinajstić information content (AvgIpc) is 2.71. The summed E-state index contributed by atoms with van der Waals surface area (Å²) in [6.07, 6.45) is 0. The first-order chi connectivity index (χ1) is 11.6. The standard InChI is InChI=1S/C18H24ClN3O3/c1-11(2)22(12(3)4)15(23)10-21-16(24)18(5,20-17(21)25)13-6-8-14(19)9-7-13/h6-9,11-12H,10H2,1-5H3,(H,20,25)/t18-/m1/s1. The molecule has 1 atom stereocenters. The fourth-order valence-electron chi connectivity index (χ4n) is 3.21. The summed E-state index contributed by atoms with van der Waals surface area (Å²) in [7, 11) is 0. The molecule has 0 aromatic heterocycles. The Hall–Kier alpha value is -2.08. The van der Waals surface area contributed by atoms with E-state index < -0.39 is 17.5 Å². The zero-order valence-corrected chi connectivity index (χ0v) is 15.9. The van der Waals surface area contributed by atoms with Crippen molar-refractivity contribution in [1.29, 1.82) is 0 Å². The molecule has 136 valence electrons. The third-order valence-corrected chi connectivity index (χ3v) is 4.64. The molecule has 6 nitrogen and oxygen atoms in total. The second-order valence-corrected chi connectivity index (χ2v) is 7.38. The first-order valence-electron chi connectivity index (χ1n) is 8.29. The van der Waals surface area contributed by atoms with Crippen molar-refractivity contribution in [3.05, 3.63) is 34.9 Å². The quantitative estimate of drug-likeness (QED) is 0.816. The number of imide groups is 1. The van der Waals surface area contributed by atoms with Gasteiger partial charge in [-0.15, -0.1) is 0 Å². The molecule has 0 aliphatic carbocycles. The van der Waals surface area contributed by atoms with Crippen LogP contribution in [0.4, 0.5) is 4.79 Å². The van der Waals surface area contributed by atoms with Crippen LogP contribution in [-0.4, -0.2) is 46.3 Å². The van der Waals surface area contributed by atoms with E-state index in [-0.39, 0.29) is 24.5 Å². The molecule has 1 N–H and O–H groups in total. The lowest BCUT2D eigenvalue weighted by Crippen LogP contribution is -2.49. The summed E-state index contributed by atoms with van der Waals surface area (Å²) in [5.41, 5.74) is -0.586. The van der Waals surface area contributed by atoms with Crippen LogP contribution in [0.2, 0.25) is 5.02 Å². The molecule has 1 aromatic carbocycles. The molecule has 25 heavy (non-hydrogen) atoms. The number of amides is 4. The molecular formula is C18H24ClN3O3. The van der Waals surface area contributed by atoms with Crippen molar-refractivity contribution in [2.24, 2.45) is 0 Å². The van der Waals surface area contributed by atoms with Crippen molar-refractivity contribution in [1.82, 2.24) is 15.1 Å². The summed E-state index contributed by atoms with van der Waals surface area (Å²) in [5.74, 6) is -0.700. The fourth-order valence-corrected chi connectivity index (χ4v) is 3.33. The van der Waals surface area contributed by atoms with Gasteiger partial charge in [0, 0.05) is 17.1 Å². The van der Waals surface area contributed by atoms with Gasteiger partial charge in [0.05, 0.1) is 0 Å². The fraction of sp³-hybridized carbons (Fsp3) is 0.500. The highest BCUT2D eigenvalue weighted by atomic mass is 35.5. The molecule has 1 aliphatic heterocycles. The van der Waals surface area contributed by atoms with Gasteiger partial charge in [0.15, 0.2) is 0 Å². The maximum absolute atomic E-state index is 12.9. The third-order valence-electron chi connectivity index (χ3n) is 4.39. The number of carbonyl (C=O) groups is 3. The van der Waals surface area contributed by atoms with E-state index in [1.165, 1.54) is 0 Å². The minimum atomic E-state index is -1.21. The predicted molar refractivity (Wildman–Crippen MR) is 96.2 cm³/mol. The van der Waals surface area contributed by atoms with E-state index in [0.717, 1.165) is 4.90 Å². The Labute approximate surface area is 153 Å². The summed E-state index contributed by atoms with van der Waals surface area (Å²) in [6, 6.07) is 6.11. The first-order valence-corrected chi connectivity index (χ1v) is 8.67. The van der Waals surface area contributed by atoms with Gasteiger partial charge in [-0.05, 0) is 52.3 Å². The van der Waals surface area contributed by atoms with Gasteiger partial charge >= 0.3 is 6.03 Å². The van der Waals surface area contributed by atoms with Crippen LogP contribution in [0.3, 0.4) is 0 Å². The summed E-state index contributed by atoms with van der Waals surface area (Å²) < 4.78 is 0. The number of hydrogen-bond acceptors (Lipinski definition) is 3. The predicted octanol–water partition coefficient (Wildman–Crippen LogP) is 2.75. The lowest BCUT2D eigenvalue weighted by molar-refractivity contribution is -0.141. The van der Waals surface area contributed by atoms with Crippen LogP contribution in [0.5, 0.6) is 0 Å². The van der Waals surface area contributed by atoms with Crippen LogP contribution in [0.15, 0.2) is 24.3 Å². The normalized spacial score (nSPS) is 20.4. The number of urea groups is 1. The first kappa shape index (κ1) is 19.2. The number of hydrogen-bond donors (Lipinski definition) is 1. The van der Waals surface area contributed by atoms with E-state index in [1.54, 1.807) is 36.1 Å². The SMILES string of the molecule is CC(C)N(C(=O)CN1C(=O)N[C@](C)(c2ccc(Cl)cc2)C1=O)C(C)C. The monoisotopic (exact) mass is 365 g/mol. The highest BCUT2D eigenvalue weighted by molar-refractivity contribution is 6.30. The Bertz CT molecular complexity index is 679. The van der Waals surface area contributed by atoms with Crippen LogP contribution < -0.4 is 5.32 Å². The van der Waals surface area contributed by atoms with Gasteiger partial charge < -0.3 is 10.2 Å². The maximum Gasteiger partial charge on any atom is 0.325 e. The van der Waals surface area contributed by atoms with E-state index >= 15 is 0 Å². The van der Waals surface area contributed by atoms with Crippen molar-refractivity contribution < 1.29 is 14.4 Å². The van der Waals surface area contributed by atoms with Crippen LogP contribution >= 0.6 is 11.6 Å². The molecule has 0 bridgehead atoms. The molecule has 1 aromatic rings. The number of benzene rings is 1. The topological polar surface area (TPSA) is 69.7 Å². The smallest absolute Gasteiger partial charge is 0.325 e. The highest BCUT2D eigenvalue weighted by Crippen LogP contribution is 2.29. The number of carbonyl (C=O) groups excluding carboxylic acids is 3. The lowest BCUT2D eigenvalue weighted by Gasteiger charge is -2.32. The second kappa shape index (κ2) is 7.04. The molecule has 0 radical (unpaired) electrons. The van der Waals surface area contributed by atoms with Crippen molar-refractivity contribution in [2.75, 3.05) is 6.54 Å². The minimum absolute atomic E-state index is 0.0177. The third kappa shape index (κ3) is 3.63. The van der Waals surface area contributed by atoms with Crippen molar-refractivity contribution in [3.63, 3.8) is 0 Å².